The summed E-state index contributed by atoms with van der Waals surface area (Å²) in [7, 11) is 0. The van der Waals surface area contributed by atoms with E-state index in [2.05, 4.69) is 10.3 Å². The number of carbonyl (C=O) groups excluding carboxylic acids is 1. The van der Waals surface area contributed by atoms with Crippen molar-refractivity contribution in [2.45, 2.75) is 6.92 Å². The number of amides is 1. The largest absolute Gasteiger partial charge is 0.478 e. The first-order valence-electron chi connectivity index (χ1n) is 5.75. The van der Waals surface area contributed by atoms with Crippen LogP contribution in [0.15, 0.2) is 36.4 Å². The molecule has 1 heterocycles. The van der Waals surface area contributed by atoms with Gasteiger partial charge < -0.3 is 10.4 Å². The summed E-state index contributed by atoms with van der Waals surface area (Å²) in [5.41, 5.74) is 1.05. The Morgan fingerprint density at radius 2 is 2.00 bits per heavy atom. The molecule has 5 nitrogen and oxygen atoms in total. The maximum absolute atomic E-state index is 12.0. The van der Waals surface area contributed by atoms with Gasteiger partial charge in [-0.1, -0.05) is 17.7 Å². The summed E-state index contributed by atoms with van der Waals surface area (Å²) in [6.07, 6.45) is 0. The SMILES string of the molecule is Cc1nc(C(=O)Nc2cccc(Cl)c2)ccc1C(=O)O. The summed E-state index contributed by atoms with van der Waals surface area (Å²) in [4.78, 5) is 26.9. The fourth-order valence-electron chi connectivity index (χ4n) is 1.67. The number of anilines is 1. The van der Waals surface area contributed by atoms with Crippen LogP contribution in [-0.2, 0) is 0 Å². The van der Waals surface area contributed by atoms with Crippen LogP contribution in [-0.4, -0.2) is 22.0 Å². The number of benzene rings is 1. The van der Waals surface area contributed by atoms with Crippen LogP contribution in [0.3, 0.4) is 0 Å². The zero-order valence-corrected chi connectivity index (χ0v) is 11.3. The fraction of sp³-hybridized carbons (Fsp3) is 0.0714. The molecule has 6 heteroatoms. The molecule has 1 amide bonds. The van der Waals surface area contributed by atoms with Crippen molar-refractivity contribution in [2.24, 2.45) is 0 Å². The number of carboxylic acid groups (broad SMARTS) is 1. The number of pyridine rings is 1. The molecule has 0 aliphatic rings. The van der Waals surface area contributed by atoms with E-state index in [9.17, 15) is 9.59 Å². The van der Waals surface area contributed by atoms with Gasteiger partial charge >= 0.3 is 5.97 Å². The van der Waals surface area contributed by atoms with Crippen molar-refractivity contribution in [3.63, 3.8) is 0 Å². The Balaban J connectivity index is 2.22. The third-order valence-electron chi connectivity index (χ3n) is 2.63. The third-order valence-corrected chi connectivity index (χ3v) is 2.87. The van der Waals surface area contributed by atoms with Gasteiger partial charge in [-0.15, -0.1) is 0 Å². The number of carboxylic acids is 1. The lowest BCUT2D eigenvalue weighted by Gasteiger charge is -2.06. The average molecular weight is 291 g/mol. The lowest BCUT2D eigenvalue weighted by atomic mass is 10.2. The Morgan fingerprint density at radius 1 is 1.25 bits per heavy atom. The number of nitrogens with one attached hydrogen (secondary N) is 1. The summed E-state index contributed by atoms with van der Waals surface area (Å²) in [5, 5.41) is 12.1. The number of hydrogen-bond acceptors (Lipinski definition) is 3. The van der Waals surface area contributed by atoms with E-state index in [0.29, 0.717) is 10.7 Å². The first-order valence-corrected chi connectivity index (χ1v) is 6.13. The molecule has 0 spiro atoms. The Hall–Kier alpha value is -2.40. The Kier molecular flexibility index (Phi) is 4.00. The molecule has 1 aromatic carbocycles. The molecule has 0 fully saturated rings. The van der Waals surface area contributed by atoms with Gasteiger partial charge in [0.05, 0.1) is 11.3 Å². The van der Waals surface area contributed by atoms with E-state index in [1.165, 1.54) is 12.1 Å². The van der Waals surface area contributed by atoms with Gasteiger partial charge in [0, 0.05) is 10.7 Å². The van der Waals surface area contributed by atoms with E-state index in [1.807, 2.05) is 0 Å². The molecule has 0 atom stereocenters. The van der Waals surface area contributed by atoms with E-state index in [4.69, 9.17) is 16.7 Å². The quantitative estimate of drug-likeness (QED) is 0.911. The molecule has 0 radical (unpaired) electrons. The molecular weight excluding hydrogens is 280 g/mol. The summed E-state index contributed by atoms with van der Waals surface area (Å²) < 4.78 is 0. The predicted molar refractivity (Wildman–Crippen MR) is 75.3 cm³/mol. The molecule has 20 heavy (non-hydrogen) atoms. The second-order valence-corrected chi connectivity index (χ2v) is 4.54. The van der Waals surface area contributed by atoms with Gasteiger partial charge in [0.2, 0.25) is 0 Å². The zero-order chi connectivity index (χ0) is 14.7. The van der Waals surface area contributed by atoms with Gasteiger partial charge in [0.25, 0.3) is 5.91 Å². The molecule has 0 aliphatic heterocycles. The van der Waals surface area contributed by atoms with Gasteiger partial charge in [-0.2, -0.15) is 0 Å². The molecule has 0 unspecified atom stereocenters. The monoisotopic (exact) mass is 290 g/mol. The lowest BCUT2D eigenvalue weighted by Crippen LogP contribution is -2.15. The highest BCUT2D eigenvalue weighted by molar-refractivity contribution is 6.30. The molecule has 0 bridgehead atoms. The predicted octanol–water partition coefficient (Wildman–Crippen LogP) is 2.99. The maximum Gasteiger partial charge on any atom is 0.337 e. The smallest absolute Gasteiger partial charge is 0.337 e. The molecule has 2 N–H and O–H groups in total. The van der Waals surface area contributed by atoms with Gasteiger partial charge in [0.15, 0.2) is 0 Å². The van der Waals surface area contributed by atoms with Crippen LogP contribution in [0, 0.1) is 6.92 Å². The van der Waals surface area contributed by atoms with Crippen molar-refractivity contribution in [3.8, 4) is 0 Å². The van der Waals surface area contributed by atoms with Crippen LogP contribution >= 0.6 is 11.6 Å². The Labute approximate surface area is 120 Å². The minimum Gasteiger partial charge on any atom is -0.478 e. The Morgan fingerprint density at radius 3 is 2.60 bits per heavy atom. The number of nitrogens with zero attached hydrogens (tertiary/aromatic N) is 1. The summed E-state index contributed by atoms with van der Waals surface area (Å²) in [5.74, 6) is -1.50. The van der Waals surface area contributed by atoms with Crippen molar-refractivity contribution in [1.29, 1.82) is 0 Å². The number of halogens is 1. The third kappa shape index (κ3) is 3.13. The number of aromatic nitrogens is 1. The van der Waals surface area contributed by atoms with Crippen LogP contribution in [0.4, 0.5) is 5.69 Å². The molecule has 0 aliphatic carbocycles. The highest BCUT2D eigenvalue weighted by atomic mass is 35.5. The minimum atomic E-state index is -1.07. The van der Waals surface area contributed by atoms with E-state index >= 15 is 0 Å². The second kappa shape index (κ2) is 5.71. The summed E-state index contributed by atoms with van der Waals surface area (Å²) in [6.45, 7) is 1.54. The number of rotatable bonds is 3. The Bertz CT molecular complexity index is 686. The number of hydrogen-bond donors (Lipinski definition) is 2. The van der Waals surface area contributed by atoms with Crippen molar-refractivity contribution in [3.05, 3.63) is 58.4 Å². The minimum absolute atomic E-state index is 0.0734. The fourth-order valence-corrected chi connectivity index (χ4v) is 1.87. The van der Waals surface area contributed by atoms with Gasteiger partial charge in [-0.3, -0.25) is 4.79 Å². The van der Waals surface area contributed by atoms with Crippen molar-refractivity contribution in [2.75, 3.05) is 5.32 Å². The maximum atomic E-state index is 12.0. The van der Waals surface area contributed by atoms with Crippen molar-refractivity contribution >= 4 is 29.2 Å². The average Bonchev–Trinajstić information content (AvgIpc) is 2.38. The van der Waals surface area contributed by atoms with Crippen LogP contribution in [0.1, 0.15) is 26.5 Å². The summed E-state index contributed by atoms with van der Waals surface area (Å²) in [6, 6.07) is 9.44. The van der Waals surface area contributed by atoms with E-state index < -0.39 is 11.9 Å². The number of carbonyl (C=O) groups is 2. The molecule has 2 aromatic rings. The normalized spacial score (nSPS) is 10.1. The summed E-state index contributed by atoms with van der Waals surface area (Å²) >= 11 is 5.82. The van der Waals surface area contributed by atoms with Crippen LogP contribution in [0.2, 0.25) is 5.02 Å². The van der Waals surface area contributed by atoms with Gasteiger partial charge in [-0.05, 0) is 37.3 Å². The van der Waals surface area contributed by atoms with Crippen molar-refractivity contribution in [1.82, 2.24) is 4.98 Å². The number of aromatic carboxylic acids is 1. The highest BCUT2D eigenvalue weighted by Gasteiger charge is 2.13. The lowest BCUT2D eigenvalue weighted by molar-refractivity contribution is 0.0695. The number of aryl methyl sites for hydroxylation is 1. The second-order valence-electron chi connectivity index (χ2n) is 4.10. The molecule has 102 valence electrons. The van der Waals surface area contributed by atoms with Crippen LogP contribution in [0.25, 0.3) is 0 Å². The van der Waals surface area contributed by atoms with Crippen LogP contribution < -0.4 is 5.32 Å². The van der Waals surface area contributed by atoms with Gasteiger partial charge in [0.1, 0.15) is 5.69 Å². The van der Waals surface area contributed by atoms with E-state index in [-0.39, 0.29) is 17.0 Å². The van der Waals surface area contributed by atoms with E-state index in [1.54, 1.807) is 31.2 Å². The van der Waals surface area contributed by atoms with Crippen molar-refractivity contribution < 1.29 is 14.7 Å². The van der Waals surface area contributed by atoms with Crippen LogP contribution in [0.5, 0.6) is 0 Å². The van der Waals surface area contributed by atoms with Gasteiger partial charge in [-0.25, -0.2) is 9.78 Å². The molecule has 1 aromatic heterocycles. The topological polar surface area (TPSA) is 79.3 Å². The molecule has 0 saturated heterocycles. The highest BCUT2D eigenvalue weighted by Crippen LogP contribution is 2.16. The zero-order valence-electron chi connectivity index (χ0n) is 10.6. The first kappa shape index (κ1) is 14.0. The molecule has 0 saturated carbocycles. The van der Waals surface area contributed by atoms with E-state index in [0.717, 1.165) is 0 Å². The molecule has 2 rings (SSSR count). The first-order chi connectivity index (χ1) is 9.47. The standard InChI is InChI=1S/C14H11ClN2O3/c1-8-11(14(19)20)5-6-12(16-8)13(18)17-10-4-2-3-9(15)7-10/h2-7H,1H3,(H,17,18)(H,19,20). The molecular formula is C14H11ClN2O3.